The number of carboxylic acid groups (broad SMARTS) is 1. The molecule has 6 N–H and O–H groups in total. The van der Waals surface area contributed by atoms with E-state index in [1.54, 1.807) is 36.3 Å². The number of aromatic hydroxyl groups is 1. The normalized spacial score (nSPS) is 12.3. The molecule has 0 spiro atoms. The second-order valence-corrected chi connectivity index (χ2v) is 12.0. The first kappa shape index (κ1) is 36.6. The smallest absolute Gasteiger partial charge is 0.405 e. The highest BCUT2D eigenvalue weighted by Crippen LogP contribution is 2.29. The molecule has 0 bridgehead atoms. The number of fused-ring (bicyclic) bond motifs is 1. The van der Waals surface area contributed by atoms with Crippen molar-refractivity contribution in [1.29, 1.82) is 0 Å². The zero-order valence-electron chi connectivity index (χ0n) is 28.2. The summed E-state index contributed by atoms with van der Waals surface area (Å²) in [4.78, 5) is 41.0. The summed E-state index contributed by atoms with van der Waals surface area (Å²) in [6.45, 7) is 2.30. The Morgan fingerprint density at radius 2 is 1.67 bits per heavy atom. The number of aliphatic hydroxyl groups is 1. The summed E-state index contributed by atoms with van der Waals surface area (Å²) < 4.78 is 11.3. The molecule has 0 aliphatic carbocycles. The van der Waals surface area contributed by atoms with Gasteiger partial charge in [-0.2, -0.15) is 0 Å². The zero-order valence-corrected chi connectivity index (χ0v) is 28.2. The molecule has 12 nitrogen and oxygen atoms in total. The maximum Gasteiger partial charge on any atom is 0.405 e. The number of aliphatic hydroxyl groups excluding tert-OH is 1. The summed E-state index contributed by atoms with van der Waals surface area (Å²) in [5.41, 5.74) is 3.46. The van der Waals surface area contributed by atoms with Gasteiger partial charge in [-0.25, -0.2) is 4.79 Å². The lowest BCUT2D eigenvalue weighted by atomic mass is 9.98. The van der Waals surface area contributed by atoms with E-state index in [1.807, 2.05) is 66.7 Å². The number of nitrogens with one attached hydrogen (secondary N) is 3. The van der Waals surface area contributed by atoms with Crippen LogP contribution in [-0.2, 0) is 11.3 Å². The van der Waals surface area contributed by atoms with Gasteiger partial charge in [0.15, 0.2) is 0 Å². The van der Waals surface area contributed by atoms with Crippen molar-refractivity contribution in [2.75, 3.05) is 39.9 Å². The number of hydrogen-bond acceptors (Lipinski definition) is 8. The molecule has 1 unspecified atom stereocenters. The lowest BCUT2D eigenvalue weighted by Gasteiger charge is -2.23. The number of carbonyl (C=O) groups excluding carboxylic acids is 1. The summed E-state index contributed by atoms with van der Waals surface area (Å²) in [5.74, 6) is 0.387. The average Bonchev–Trinajstić information content (AvgIpc) is 3.14. The van der Waals surface area contributed by atoms with Crippen LogP contribution in [-0.4, -0.2) is 77.1 Å². The van der Waals surface area contributed by atoms with Crippen molar-refractivity contribution in [3.63, 3.8) is 0 Å². The van der Waals surface area contributed by atoms with Crippen molar-refractivity contribution in [2.45, 2.75) is 25.2 Å². The lowest BCUT2D eigenvalue weighted by Crippen LogP contribution is -2.36. The Hall–Kier alpha value is -5.69. The van der Waals surface area contributed by atoms with Gasteiger partial charge in [0, 0.05) is 43.8 Å². The predicted molar refractivity (Wildman–Crippen MR) is 193 cm³/mol. The largest absolute Gasteiger partial charge is 0.506 e. The van der Waals surface area contributed by atoms with Crippen LogP contribution >= 0.6 is 0 Å². The molecule has 0 aliphatic rings. The first-order chi connectivity index (χ1) is 24.7. The molecule has 0 saturated carbocycles. The SMILES string of the molecule is COCCN(CCCNCC(O)c1ccc(O)c2[nH]c(=O)ccc12)C(=O)c1ccc(COc2cccc([C@@H](NC(=O)O)c3ccccc3)c2)cc1. The number of methoxy groups -OCH3 is 1. The average molecular weight is 695 g/mol. The summed E-state index contributed by atoms with van der Waals surface area (Å²) in [6, 6.07) is 29.3. The van der Waals surface area contributed by atoms with Crippen molar-refractivity contribution in [3.05, 3.63) is 141 Å². The fourth-order valence-corrected chi connectivity index (χ4v) is 5.81. The van der Waals surface area contributed by atoms with Gasteiger partial charge in [-0.1, -0.05) is 60.7 Å². The molecule has 1 aromatic heterocycles. The van der Waals surface area contributed by atoms with E-state index in [1.165, 1.54) is 12.1 Å². The Morgan fingerprint density at radius 3 is 2.41 bits per heavy atom. The molecular formula is C39H42N4O8. The highest BCUT2D eigenvalue weighted by molar-refractivity contribution is 5.94. The number of benzene rings is 4. The zero-order chi connectivity index (χ0) is 36.2. The highest BCUT2D eigenvalue weighted by atomic mass is 16.5. The number of nitrogens with zero attached hydrogens (tertiary/aromatic N) is 1. The van der Waals surface area contributed by atoms with E-state index in [0.29, 0.717) is 54.9 Å². The maximum absolute atomic E-state index is 13.5. The molecule has 2 atom stereocenters. The molecule has 5 rings (SSSR count). The molecule has 0 aliphatic heterocycles. The molecule has 5 aromatic rings. The molecule has 266 valence electrons. The van der Waals surface area contributed by atoms with Gasteiger partial charge in [-0.15, -0.1) is 0 Å². The first-order valence-corrected chi connectivity index (χ1v) is 16.6. The Balaban J connectivity index is 1.13. The van der Waals surface area contributed by atoms with Crippen molar-refractivity contribution in [3.8, 4) is 11.5 Å². The van der Waals surface area contributed by atoms with Gasteiger partial charge in [-0.05, 0) is 71.6 Å². The van der Waals surface area contributed by atoms with Crippen molar-refractivity contribution < 1.29 is 34.4 Å². The van der Waals surface area contributed by atoms with Crippen LogP contribution in [0.1, 0.15) is 51.2 Å². The number of carbonyl (C=O) groups is 2. The van der Waals surface area contributed by atoms with E-state index in [2.05, 4.69) is 15.6 Å². The molecule has 12 heteroatoms. The van der Waals surface area contributed by atoms with Crippen LogP contribution in [0.3, 0.4) is 0 Å². The number of aromatic nitrogens is 1. The van der Waals surface area contributed by atoms with Crippen LogP contribution in [0.25, 0.3) is 10.9 Å². The van der Waals surface area contributed by atoms with Crippen LogP contribution in [0.2, 0.25) is 0 Å². The van der Waals surface area contributed by atoms with E-state index in [4.69, 9.17) is 9.47 Å². The van der Waals surface area contributed by atoms with Gasteiger partial charge in [0.05, 0.1) is 24.3 Å². The van der Waals surface area contributed by atoms with E-state index in [9.17, 15) is 29.7 Å². The van der Waals surface area contributed by atoms with E-state index in [-0.39, 0.29) is 35.9 Å². The Bertz CT molecular complexity index is 1970. The Morgan fingerprint density at radius 1 is 0.902 bits per heavy atom. The second-order valence-electron chi connectivity index (χ2n) is 12.0. The molecule has 0 fully saturated rings. The van der Waals surface area contributed by atoms with Crippen LogP contribution in [0.15, 0.2) is 108 Å². The number of pyridine rings is 1. The van der Waals surface area contributed by atoms with Crippen molar-refractivity contribution in [2.24, 2.45) is 0 Å². The summed E-state index contributed by atoms with van der Waals surface area (Å²) in [7, 11) is 1.59. The van der Waals surface area contributed by atoms with Gasteiger partial charge < -0.3 is 45.3 Å². The van der Waals surface area contributed by atoms with Gasteiger partial charge in [-0.3, -0.25) is 9.59 Å². The number of aromatic amines is 1. The van der Waals surface area contributed by atoms with Crippen LogP contribution in [0, 0.1) is 0 Å². The van der Waals surface area contributed by atoms with E-state index < -0.39 is 18.2 Å². The monoisotopic (exact) mass is 694 g/mol. The maximum atomic E-state index is 13.5. The molecule has 1 heterocycles. The van der Waals surface area contributed by atoms with E-state index >= 15 is 0 Å². The van der Waals surface area contributed by atoms with Gasteiger partial charge in [0.25, 0.3) is 5.91 Å². The van der Waals surface area contributed by atoms with Crippen LogP contribution in [0.5, 0.6) is 11.5 Å². The highest BCUT2D eigenvalue weighted by Gasteiger charge is 2.19. The molecule has 0 saturated heterocycles. The predicted octanol–water partition coefficient (Wildman–Crippen LogP) is 4.97. The third kappa shape index (κ3) is 9.94. The fourth-order valence-electron chi connectivity index (χ4n) is 5.81. The minimum absolute atomic E-state index is 0.0668. The van der Waals surface area contributed by atoms with Gasteiger partial charge >= 0.3 is 6.09 Å². The van der Waals surface area contributed by atoms with Crippen molar-refractivity contribution >= 4 is 22.9 Å². The third-order valence-corrected chi connectivity index (χ3v) is 8.44. The summed E-state index contributed by atoms with van der Waals surface area (Å²) >= 11 is 0. The summed E-state index contributed by atoms with van der Waals surface area (Å²) in [6.07, 6.45) is -1.37. The molecule has 51 heavy (non-hydrogen) atoms. The van der Waals surface area contributed by atoms with Crippen LogP contribution < -0.4 is 20.9 Å². The number of phenols is 1. The number of amides is 2. The van der Waals surface area contributed by atoms with E-state index in [0.717, 1.165) is 16.7 Å². The van der Waals surface area contributed by atoms with Gasteiger partial charge in [0.1, 0.15) is 18.1 Å². The number of ether oxygens (including phenoxy) is 2. The molecule has 0 radical (unpaired) electrons. The Labute approximate surface area is 295 Å². The fraction of sp³-hybridized carbons (Fsp3) is 0.256. The Kier molecular flexibility index (Phi) is 12.8. The molecule has 2 amide bonds. The second kappa shape index (κ2) is 17.8. The topological polar surface area (TPSA) is 173 Å². The number of rotatable bonds is 17. The number of H-pyrrole nitrogens is 1. The molecular weight excluding hydrogens is 652 g/mol. The lowest BCUT2D eigenvalue weighted by molar-refractivity contribution is 0.0692. The third-order valence-electron chi connectivity index (χ3n) is 8.44. The van der Waals surface area contributed by atoms with Gasteiger partial charge in [0.2, 0.25) is 5.56 Å². The number of phenolic OH excluding ortho intramolecular Hbond substituents is 1. The quantitative estimate of drug-likeness (QED) is 0.0735. The standard InChI is InChI=1S/C39H42N4O8/c1-50-22-21-43(20-6-19-40-24-34(45)31-15-17-33(44)37-32(31)16-18-35(46)41-37)38(47)28-13-11-26(12-14-28)25-51-30-10-5-9-29(23-30)36(42-39(48)49)27-7-3-2-4-8-27/h2-5,7-18,23,34,36,40,42,44-45H,6,19-22,24-25H2,1H3,(H,41,46)(H,48,49)/t34?,36-/m0/s1. The summed E-state index contributed by atoms with van der Waals surface area (Å²) in [5, 5.41) is 36.7. The number of hydrogen-bond donors (Lipinski definition) is 6. The van der Waals surface area contributed by atoms with Crippen molar-refractivity contribution in [1.82, 2.24) is 20.5 Å². The molecule has 4 aromatic carbocycles. The minimum Gasteiger partial charge on any atom is -0.506 e. The van der Waals surface area contributed by atoms with Crippen LogP contribution in [0.4, 0.5) is 4.79 Å². The first-order valence-electron chi connectivity index (χ1n) is 16.6. The minimum atomic E-state index is -1.13.